The van der Waals surface area contributed by atoms with Crippen LogP contribution in [0.2, 0.25) is 0 Å². The number of pyridine rings is 1. The fourth-order valence-electron chi connectivity index (χ4n) is 9.72. The molecule has 4 aromatic rings. The van der Waals surface area contributed by atoms with Gasteiger partial charge >= 0.3 is 12.1 Å². The molecule has 0 unspecified atom stereocenters. The van der Waals surface area contributed by atoms with Crippen molar-refractivity contribution in [1.29, 1.82) is 0 Å². The van der Waals surface area contributed by atoms with Crippen molar-refractivity contribution in [2.45, 2.75) is 102 Å². The number of nitrogens with zero attached hydrogens (tertiary/aromatic N) is 6. The van der Waals surface area contributed by atoms with Crippen LogP contribution < -0.4 is 19.1 Å². The summed E-state index contributed by atoms with van der Waals surface area (Å²) in [5, 5.41) is 2.05. The van der Waals surface area contributed by atoms with Crippen LogP contribution in [0.3, 0.4) is 0 Å². The first-order valence-electron chi connectivity index (χ1n) is 19.5. The number of hydrogen-bond acceptors (Lipinski definition) is 11. The van der Waals surface area contributed by atoms with Gasteiger partial charge in [0.15, 0.2) is 12.6 Å². The average Bonchev–Trinajstić information content (AvgIpc) is 3.76. The number of benzene rings is 2. The number of methoxy groups -OCH3 is 1. The van der Waals surface area contributed by atoms with Gasteiger partial charge in [0.05, 0.1) is 23.7 Å². The third-order valence-corrected chi connectivity index (χ3v) is 12.0. The van der Waals surface area contributed by atoms with Crippen molar-refractivity contribution in [3.63, 3.8) is 0 Å². The number of amides is 1. The molecule has 4 saturated heterocycles. The molecule has 55 heavy (non-hydrogen) atoms. The molecule has 12 nitrogen and oxygen atoms in total. The van der Waals surface area contributed by atoms with Gasteiger partial charge in [-0.15, -0.1) is 0 Å². The van der Waals surface area contributed by atoms with Crippen LogP contribution in [-0.2, 0) is 15.9 Å². The lowest BCUT2D eigenvalue weighted by Crippen LogP contribution is -2.63. The van der Waals surface area contributed by atoms with E-state index in [-0.39, 0.29) is 67.3 Å². The van der Waals surface area contributed by atoms with Gasteiger partial charge in [0.2, 0.25) is 5.88 Å². The molecular formula is C41H48F2N6O6. The minimum Gasteiger partial charge on any atom is -0.475 e. The van der Waals surface area contributed by atoms with Gasteiger partial charge in [-0.05, 0) is 87.9 Å². The third-order valence-electron chi connectivity index (χ3n) is 12.0. The summed E-state index contributed by atoms with van der Waals surface area (Å²) >= 11 is 0. The second-order valence-electron chi connectivity index (χ2n) is 16.6. The van der Waals surface area contributed by atoms with Crippen molar-refractivity contribution in [1.82, 2.24) is 24.8 Å². The minimum absolute atomic E-state index is 0.00638. The van der Waals surface area contributed by atoms with Crippen LogP contribution in [0, 0.1) is 5.82 Å². The smallest absolute Gasteiger partial charge is 0.410 e. The van der Waals surface area contributed by atoms with Crippen molar-refractivity contribution >= 4 is 33.6 Å². The van der Waals surface area contributed by atoms with Crippen molar-refractivity contribution in [3.8, 4) is 28.9 Å². The Labute approximate surface area is 319 Å². The molecule has 2 bridgehead atoms. The molecule has 5 aliphatic rings. The maximum atomic E-state index is 17.6. The number of halogens is 2. The van der Waals surface area contributed by atoms with Crippen molar-refractivity contribution < 1.29 is 37.3 Å². The Morgan fingerprint density at radius 3 is 2.73 bits per heavy atom. The lowest BCUT2D eigenvalue weighted by molar-refractivity contribution is 0.00537. The lowest BCUT2D eigenvalue weighted by Gasteiger charge is -2.46. The van der Waals surface area contributed by atoms with Crippen LogP contribution in [0.25, 0.3) is 32.9 Å². The van der Waals surface area contributed by atoms with E-state index in [0.717, 1.165) is 48.6 Å². The summed E-state index contributed by atoms with van der Waals surface area (Å²) in [5.41, 5.74) is 0.506. The van der Waals surface area contributed by atoms with Gasteiger partial charge in [0.1, 0.15) is 53.2 Å². The van der Waals surface area contributed by atoms with Crippen LogP contribution >= 0.6 is 0 Å². The topological polar surface area (TPSA) is 112 Å². The predicted octanol–water partition coefficient (Wildman–Crippen LogP) is 6.83. The summed E-state index contributed by atoms with van der Waals surface area (Å²) < 4.78 is 62.3. The molecule has 292 valence electrons. The molecule has 7 heterocycles. The maximum absolute atomic E-state index is 17.6. The second kappa shape index (κ2) is 13.6. The molecule has 0 spiro atoms. The summed E-state index contributed by atoms with van der Waals surface area (Å²) in [5.74, 6) is 0.495. The summed E-state index contributed by atoms with van der Waals surface area (Å²) in [4.78, 5) is 34.4. The van der Waals surface area contributed by atoms with E-state index in [9.17, 15) is 9.18 Å². The highest BCUT2D eigenvalue weighted by molar-refractivity contribution is 6.03. The number of alkyl halides is 1. The molecule has 5 aliphatic heterocycles. The van der Waals surface area contributed by atoms with Crippen LogP contribution in [0.1, 0.15) is 65.4 Å². The van der Waals surface area contributed by atoms with Crippen LogP contribution in [0.4, 0.5) is 19.4 Å². The van der Waals surface area contributed by atoms with Crippen molar-refractivity contribution in [3.05, 3.63) is 41.7 Å². The standard InChI is InChI=1S/C41H48F2N6O6/c1-6-23-9-7-10-24-15-27(54-22-51-5)16-28(31(23)24)34-33(43)35-32-36(46-38(45-35)53-21-41-13-8-14-47(41)18-25(42)17-41)48-19-26-11-12-29(30(48)20-52-37(32)44-34)49(26)39(50)55-40(2,3)4/h7,9-10,15-16,25-26,29-30H,6,8,11-14,17-22H2,1-5H3/t25-,26-,29+,30-,41+/m0/s1. The van der Waals surface area contributed by atoms with Gasteiger partial charge in [0.25, 0.3) is 0 Å². The zero-order valence-electron chi connectivity index (χ0n) is 32.1. The van der Waals surface area contributed by atoms with E-state index in [1.165, 1.54) is 0 Å². The SMILES string of the molecule is CCc1cccc2cc(OCOC)cc(-c3nc4c5c(nc(OC[C@]67CCCN6C[C@@H](F)C7)nc5c3F)N3C[C@@H]5CC[C@H]([C@@H]3CO4)N5C(=O)OC(C)(C)C)c12. The highest BCUT2D eigenvalue weighted by Crippen LogP contribution is 2.47. The zero-order valence-corrected chi connectivity index (χ0v) is 32.1. The summed E-state index contributed by atoms with van der Waals surface area (Å²) in [7, 11) is 1.54. The molecule has 0 saturated carbocycles. The Balaban J connectivity index is 1.20. The van der Waals surface area contributed by atoms with Crippen LogP contribution in [0.5, 0.6) is 17.6 Å². The second-order valence-corrected chi connectivity index (χ2v) is 16.6. The minimum atomic E-state index is -0.930. The Bertz CT molecular complexity index is 2170. The number of carbonyl (C=O) groups is 1. The molecular weight excluding hydrogens is 710 g/mol. The van der Waals surface area contributed by atoms with Crippen molar-refractivity contribution in [2.75, 3.05) is 51.7 Å². The maximum Gasteiger partial charge on any atom is 0.410 e. The molecule has 9 rings (SSSR count). The van der Waals surface area contributed by atoms with E-state index in [4.69, 9.17) is 38.6 Å². The van der Waals surface area contributed by atoms with Crippen LogP contribution in [0.15, 0.2) is 30.3 Å². The number of aromatic nitrogens is 3. The largest absolute Gasteiger partial charge is 0.475 e. The quantitative estimate of drug-likeness (QED) is 0.176. The third kappa shape index (κ3) is 6.16. The zero-order chi connectivity index (χ0) is 38.2. The van der Waals surface area contributed by atoms with E-state index >= 15 is 4.39 Å². The monoisotopic (exact) mass is 758 g/mol. The van der Waals surface area contributed by atoms with E-state index in [0.29, 0.717) is 48.4 Å². The Morgan fingerprint density at radius 2 is 1.93 bits per heavy atom. The number of rotatable bonds is 8. The molecule has 0 aliphatic carbocycles. The number of carbonyl (C=O) groups excluding carboxylic acids is 1. The first-order chi connectivity index (χ1) is 26.5. The molecule has 4 fully saturated rings. The summed E-state index contributed by atoms with van der Waals surface area (Å²) in [6, 6.07) is 8.94. The fraction of sp³-hybridized carbons (Fsp3) is 0.561. The van der Waals surface area contributed by atoms with Gasteiger partial charge in [0, 0.05) is 32.2 Å². The van der Waals surface area contributed by atoms with Gasteiger partial charge in [-0.3, -0.25) is 9.80 Å². The lowest BCUT2D eigenvalue weighted by atomic mass is 9.94. The number of fused-ring (bicyclic) bond motifs is 7. The van der Waals surface area contributed by atoms with Gasteiger partial charge in [-0.25, -0.2) is 18.6 Å². The van der Waals surface area contributed by atoms with Gasteiger partial charge < -0.3 is 28.6 Å². The molecule has 0 radical (unpaired) electrons. The van der Waals surface area contributed by atoms with Crippen molar-refractivity contribution in [2.24, 2.45) is 0 Å². The summed E-state index contributed by atoms with van der Waals surface area (Å²) in [6.45, 7) is 9.64. The number of ether oxygens (including phenoxy) is 5. The molecule has 1 amide bonds. The highest BCUT2D eigenvalue weighted by atomic mass is 19.1. The fourth-order valence-corrected chi connectivity index (χ4v) is 9.72. The van der Waals surface area contributed by atoms with Gasteiger partial charge in [-0.1, -0.05) is 25.1 Å². The van der Waals surface area contributed by atoms with E-state index < -0.39 is 23.1 Å². The first kappa shape index (κ1) is 36.1. The average molecular weight is 759 g/mol. The van der Waals surface area contributed by atoms with E-state index in [1.807, 2.05) is 49.9 Å². The number of piperazine rings is 1. The Kier molecular flexibility index (Phi) is 8.91. The first-order valence-corrected chi connectivity index (χ1v) is 19.5. The van der Waals surface area contributed by atoms with Gasteiger partial charge in [-0.2, -0.15) is 9.97 Å². The molecule has 0 N–H and O–H groups in total. The Hall–Kier alpha value is -4.56. The molecule has 5 atom stereocenters. The van der Waals surface area contributed by atoms with E-state index in [1.54, 1.807) is 13.2 Å². The number of hydrogen-bond donors (Lipinski definition) is 0. The van der Waals surface area contributed by atoms with Crippen LogP contribution in [-0.4, -0.2) is 113 Å². The molecule has 14 heteroatoms. The number of anilines is 1. The summed E-state index contributed by atoms with van der Waals surface area (Å²) in [6.07, 6.45) is 3.08. The molecule has 2 aromatic carbocycles. The highest BCUT2D eigenvalue weighted by Gasteiger charge is 2.52. The van der Waals surface area contributed by atoms with E-state index in [2.05, 4.69) is 16.7 Å². The predicted molar refractivity (Wildman–Crippen MR) is 202 cm³/mol. The normalized spacial score (nSPS) is 25.9. The Morgan fingerprint density at radius 1 is 1.07 bits per heavy atom. The number of aryl methyl sites for hydroxylation is 1. The molecule has 2 aromatic heterocycles.